The molecule has 0 heterocycles. The Labute approximate surface area is 136 Å². The molecule has 2 rings (SSSR count). The minimum Gasteiger partial charge on any atom is -0.345 e. The number of carbonyl (C=O) groups is 3. The lowest BCUT2D eigenvalue weighted by Gasteiger charge is -2.29. The predicted molar refractivity (Wildman–Crippen MR) is 88.9 cm³/mol. The molecule has 0 saturated heterocycles. The molecule has 0 radical (unpaired) electrons. The molecule has 1 aromatic rings. The van der Waals surface area contributed by atoms with Crippen LogP contribution in [0.25, 0.3) is 0 Å². The Morgan fingerprint density at radius 2 is 1.48 bits per heavy atom. The molecule has 0 aliphatic heterocycles. The number of anilines is 2. The summed E-state index contributed by atoms with van der Waals surface area (Å²) in [6, 6.07) is 6.68. The maximum absolute atomic E-state index is 12.0. The second-order valence-electron chi connectivity index (χ2n) is 6.05. The van der Waals surface area contributed by atoms with Crippen LogP contribution in [0.3, 0.4) is 0 Å². The Morgan fingerprint density at radius 3 is 2.04 bits per heavy atom. The molecule has 6 heteroatoms. The molecule has 3 amide bonds. The Hall–Kier alpha value is -2.37. The molecule has 1 fully saturated rings. The van der Waals surface area contributed by atoms with Crippen molar-refractivity contribution in [2.24, 2.45) is 5.92 Å². The van der Waals surface area contributed by atoms with Gasteiger partial charge in [0.25, 0.3) is 0 Å². The van der Waals surface area contributed by atoms with Crippen molar-refractivity contribution in [1.29, 1.82) is 0 Å². The van der Waals surface area contributed by atoms with Gasteiger partial charge in [0.2, 0.25) is 5.91 Å². The van der Waals surface area contributed by atoms with Crippen molar-refractivity contribution >= 4 is 29.1 Å². The largest absolute Gasteiger partial charge is 0.345 e. The van der Waals surface area contributed by atoms with E-state index < -0.39 is 11.8 Å². The lowest BCUT2D eigenvalue weighted by atomic mass is 9.86. The second-order valence-corrected chi connectivity index (χ2v) is 6.05. The molecule has 6 nitrogen and oxygen atoms in total. The summed E-state index contributed by atoms with van der Waals surface area (Å²) in [7, 11) is 0. The molecular weight excluding hydrogens is 294 g/mol. The maximum Gasteiger partial charge on any atom is 0.313 e. The summed E-state index contributed by atoms with van der Waals surface area (Å²) in [4.78, 5) is 34.9. The summed E-state index contributed by atoms with van der Waals surface area (Å²) >= 11 is 0. The standard InChI is InChI=1S/C17H23N3O3/c1-11-5-3-4-6-15(11)20-17(23)16(22)19-14-9-7-13(8-10-14)18-12(2)21/h7-11,15H,3-6H2,1-2H3,(H,18,21)(H,19,22)(H,20,23). The van der Waals surface area contributed by atoms with Gasteiger partial charge in [-0.25, -0.2) is 0 Å². The molecule has 1 saturated carbocycles. The molecular formula is C17H23N3O3. The fourth-order valence-electron chi connectivity index (χ4n) is 2.79. The van der Waals surface area contributed by atoms with E-state index in [-0.39, 0.29) is 11.9 Å². The van der Waals surface area contributed by atoms with E-state index in [4.69, 9.17) is 0 Å². The number of rotatable bonds is 3. The maximum atomic E-state index is 12.0. The smallest absolute Gasteiger partial charge is 0.313 e. The van der Waals surface area contributed by atoms with Gasteiger partial charge in [0.15, 0.2) is 0 Å². The predicted octanol–water partition coefficient (Wildman–Crippen LogP) is 2.28. The Balaban J connectivity index is 1.87. The zero-order chi connectivity index (χ0) is 16.8. The highest BCUT2D eigenvalue weighted by atomic mass is 16.2. The van der Waals surface area contributed by atoms with Gasteiger partial charge in [-0.1, -0.05) is 19.8 Å². The van der Waals surface area contributed by atoms with Crippen molar-refractivity contribution in [3.05, 3.63) is 24.3 Å². The van der Waals surface area contributed by atoms with Gasteiger partial charge in [-0.05, 0) is 43.0 Å². The van der Waals surface area contributed by atoms with Crippen LogP contribution in [0.5, 0.6) is 0 Å². The first kappa shape index (κ1) is 17.0. The molecule has 2 atom stereocenters. The number of carbonyl (C=O) groups excluding carboxylic acids is 3. The van der Waals surface area contributed by atoms with Crippen LogP contribution in [0.2, 0.25) is 0 Å². The number of hydrogen-bond donors (Lipinski definition) is 3. The van der Waals surface area contributed by atoms with Crippen LogP contribution < -0.4 is 16.0 Å². The highest BCUT2D eigenvalue weighted by Gasteiger charge is 2.25. The van der Waals surface area contributed by atoms with E-state index in [9.17, 15) is 14.4 Å². The minimum atomic E-state index is -0.671. The highest BCUT2D eigenvalue weighted by Crippen LogP contribution is 2.23. The summed E-state index contributed by atoms with van der Waals surface area (Å²) in [5.41, 5.74) is 1.15. The van der Waals surface area contributed by atoms with Crippen molar-refractivity contribution < 1.29 is 14.4 Å². The monoisotopic (exact) mass is 317 g/mol. The molecule has 2 unspecified atom stereocenters. The van der Waals surface area contributed by atoms with E-state index in [0.717, 1.165) is 19.3 Å². The SMILES string of the molecule is CC(=O)Nc1ccc(NC(=O)C(=O)NC2CCCCC2C)cc1. The van der Waals surface area contributed by atoms with Gasteiger partial charge in [0, 0.05) is 24.3 Å². The molecule has 0 bridgehead atoms. The van der Waals surface area contributed by atoms with Gasteiger partial charge >= 0.3 is 11.8 Å². The van der Waals surface area contributed by atoms with Crippen LogP contribution in [0.4, 0.5) is 11.4 Å². The molecule has 0 spiro atoms. The van der Waals surface area contributed by atoms with Crippen LogP contribution in [-0.2, 0) is 14.4 Å². The lowest BCUT2D eigenvalue weighted by Crippen LogP contribution is -2.45. The molecule has 1 aromatic carbocycles. The molecule has 23 heavy (non-hydrogen) atoms. The van der Waals surface area contributed by atoms with Crippen molar-refractivity contribution in [2.45, 2.75) is 45.6 Å². The van der Waals surface area contributed by atoms with E-state index in [1.165, 1.54) is 13.3 Å². The number of nitrogens with one attached hydrogen (secondary N) is 3. The zero-order valence-electron chi connectivity index (χ0n) is 13.5. The number of benzene rings is 1. The minimum absolute atomic E-state index is 0.0733. The Bertz CT molecular complexity index is 583. The number of hydrogen-bond acceptors (Lipinski definition) is 3. The van der Waals surface area contributed by atoms with Gasteiger partial charge < -0.3 is 16.0 Å². The van der Waals surface area contributed by atoms with E-state index in [0.29, 0.717) is 17.3 Å². The molecule has 124 valence electrons. The fourth-order valence-corrected chi connectivity index (χ4v) is 2.79. The van der Waals surface area contributed by atoms with Crippen LogP contribution in [0.1, 0.15) is 39.5 Å². The second kappa shape index (κ2) is 7.76. The first-order valence-corrected chi connectivity index (χ1v) is 7.95. The summed E-state index contributed by atoms with van der Waals surface area (Å²) in [5, 5.41) is 8.02. The fraction of sp³-hybridized carbons (Fsp3) is 0.471. The molecule has 0 aromatic heterocycles. The van der Waals surface area contributed by atoms with E-state index in [1.807, 2.05) is 0 Å². The van der Waals surface area contributed by atoms with Gasteiger partial charge in [-0.3, -0.25) is 14.4 Å². The van der Waals surface area contributed by atoms with Crippen LogP contribution >= 0.6 is 0 Å². The summed E-state index contributed by atoms with van der Waals surface area (Å²) in [6.07, 6.45) is 4.27. The van der Waals surface area contributed by atoms with Gasteiger partial charge in [-0.15, -0.1) is 0 Å². The highest BCUT2D eigenvalue weighted by molar-refractivity contribution is 6.39. The lowest BCUT2D eigenvalue weighted by molar-refractivity contribution is -0.137. The van der Waals surface area contributed by atoms with Crippen molar-refractivity contribution in [1.82, 2.24) is 5.32 Å². The third-order valence-electron chi connectivity index (χ3n) is 4.10. The normalized spacial score (nSPS) is 20.4. The quantitative estimate of drug-likeness (QED) is 0.747. The average Bonchev–Trinajstić information content (AvgIpc) is 2.51. The first-order chi connectivity index (χ1) is 11.0. The zero-order valence-corrected chi connectivity index (χ0v) is 13.5. The van der Waals surface area contributed by atoms with Gasteiger partial charge in [0.1, 0.15) is 0 Å². The van der Waals surface area contributed by atoms with Crippen LogP contribution in [-0.4, -0.2) is 23.8 Å². The Morgan fingerprint density at radius 1 is 0.913 bits per heavy atom. The first-order valence-electron chi connectivity index (χ1n) is 7.95. The van der Waals surface area contributed by atoms with Gasteiger partial charge in [0.05, 0.1) is 0 Å². The third-order valence-corrected chi connectivity index (χ3v) is 4.10. The van der Waals surface area contributed by atoms with Gasteiger partial charge in [-0.2, -0.15) is 0 Å². The van der Waals surface area contributed by atoms with Crippen LogP contribution in [0, 0.1) is 5.92 Å². The molecule has 3 N–H and O–H groups in total. The summed E-state index contributed by atoms with van der Waals surface area (Å²) < 4.78 is 0. The summed E-state index contributed by atoms with van der Waals surface area (Å²) in [6.45, 7) is 3.52. The van der Waals surface area contributed by atoms with Crippen molar-refractivity contribution in [3.8, 4) is 0 Å². The van der Waals surface area contributed by atoms with Crippen molar-refractivity contribution in [2.75, 3.05) is 10.6 Å². The number of amides is 3. The summed E-state index contributed by atoms with van der Waals surface area (Å²) in [5.74, 6) is -1.04. The van der Waals surface area contributed by atoms with E-state index >= 15 is 0 Å². The third kappa shape index (κ3) is 5.09. The molecule has 1 aliphatic carbocycles. The van der Waals surface area contributed by atoms with Crippen LogP contribution in [0.15, 0.2) is 24.3 Å². The van der Waals surface area contributed by atoms with Crippen molar-refractivity contribution in [3.63, 3.8) is 0 Å². The average molecular weight is 317 g/mol. The Kier molecular flexibility index (Phi) is 5.73. The molecule has 1 aliphatic rings. The topological polar surface area (TPSA) is 87.3 Å². The van der Waals surface area contributed by atoms with E-state index in [2.05, 4.69) is 22.9 Å². The van der Waals surface area contributed by atoms with E-state index in [1.54, 1.807) is 24.3 Å².